The van der Waals surface area contributed by atoms with Crippen LogP contribution in [0.4, 0.5) is 5.82 Å². The Hall–Kier alpha value is -0.870. The Morgan fingerprint density at radius 3 is 2.81 bits per heavy atom. The number of rotatable bonds is 3. The Labute approximate surface area is 100 Å². The highest BCUT2D eigenvalue weighted by atomic mass is 35.5. The van der Waals surface area contributed by atoms with E-state index in [0.717, 1.165) is 37.6 Å². The minimum atomic E-state index is 0.446. The summed E-state index contributed by atoms with van der Waals surface area (Å²) < 4.78 is 5.31. The third kappa shape index (κ3) is 2.62. The van der Waals surface area contributed by atoms with Gasteiger partial charge in [0.05, 0.1) is 18.0 Å². The molecule has 1 aromatic rings. The lowest BCUT2D eigenvalue weighted by atomic mass is 10.1. The van der Waals surface area contributed by atoms with Crippen LogP contribution < -0.4 is 5.32 Å². The average Bonchev–Trinajstić information content (AvgIpc) is 2.74. The highest BCUT2D eigenvalue weighted by molar-refractivity contribution is 6.31. The van der Waals surface area contributed by atoms with Crippen LogP contribution in [0.15, 0.2) is 0 Å². The quantitative estimate of drug-likeness (QED) is 0.881. The molecule has 2 heterocycles. The molecule has 1 atom stereocenters. The maximum absolute atomic E-state index is 6.02. The molecule has 1 aromatic heterocycles. The maximum atomic E-state index is 6.02. The fourth-order valence-electron chi connectivity index (χ4n) is 1.67. The van der Waals surface area contributed by atoms with E-state index in [4.69, 9.17) is 16.3 Å². The summed E-state index contributed by atoms with van der Waals surface area (Å²) in [6, 6.07) is 0. The zero-order chi connectivity index (χ0) is 11.5. The number of anilines is 1. The van der Waals surface area contributed by atoms with Gasteiger partial charge in [0.15, 0.2) is 11.0 Å². The zero-order valence-corrected chi connectivity index (χ0v) is 10.3. The number of hydrogen-bond donors (Lipinski definition) is 1. The van der Waals surface area contributed by atoms with Crippen LogP contribution in [0.25, 0.3) is 0 Å². The van der Waals surface area contributed by atoms with Gasteiger partial charge < -0.3 is 10.1 Å². The van der Waals surface area contributed by atoms with E-state index >= 15 is 0 Å². The van der Waals surface area contributed by atoms with Gasteiger partial charge in [-0.3, -0.25) is 0 Å². The highest BCUT2D eigenvalue weighted by Gasteiger charge is 2.16. The van der Waals surface area contributed by atoms with E-state index in [1.54, 1.807) is 0 Å². The molecule has 0 spiro atoms. The molecule has 0 radical (unpaired) electrons. The Balaban J connectivity index is 2.00. The summed E-state index contributed by atoms with van der Waals surface area (Å²) in [5.41, 5.74) is 1.79. The molecule has 1 N–H and O–H groups in total. The fourth-order valence-corrected chi connectivity index (χ4v) is 1.91. The van der Waals surface area contributed by atoms with Gasteiger partial charge in [-0.1, -0.05) is 11.6 Å². The Bertz CT molecular complexity index is 378. The third-order valence-corrected chi connectivity index (χ3v) is 3.11. The first-order valence-electron chi connectivity index (χ1n) is 5.49. The molecule has 16 heavy (non-hydrogen) atoms. The summed E-state index contributed by atoms with van der Waals surface area (Å²) in [7, 11) is 0. The van der Waals surface area contributed by atoms with Gasteiger partial charge in [0.1, 0.15) is 0 Å². The zero-order valence-electron chi connectivity index (χ0n) is 9.59. The Morgan fingerprint density at radius 1 is 1.38 bits per heavy atom. The van der Waals surface area contributed by atoms with E-state index < -0.39 is 0 Å². The molecule has 0 amide bonds. The number of hydrogen-bond acceptors (Lipinski definition) is 4. The fraction of sp³-hybridized carbons (Fsp3) is 0.636. The van der Waals surface area contributed by atoms with E-state index in [0.29, 0.717) is 16.9 Å². The van der Waals surface area contributed by atoms with Crippen LogP contribution in [-0.2, 0) is 4.74 Å². The van der Waals surface area contributed by atoms with Crippen molar-refractivity contribution in [2.45, 2.75) is 20.3 Å². The summed E-state index contributed by atoms with van der Waals surface area (Å²) in [6.45, 7) is 6.36. The van der Waals surface area contributed by atoms with Crippen molar-refractivity contribution in [2.75, 3.05) is 25.1 Å². The summed E-state index contributed by atoms with van der Waals surface area (Å²) in [6.07, 6.45) is 1.10. The number of ether oxygens (including phenoxy) is 1. The summed E-state index contributed by atoms with van der Waals surface area (Å²) in [5, 5.41) is 3.68. The number of aryl methyl sites for hydroxylation is 2. The van der Waals surface area contributed by atoms with Crippen molar-refractivity contribution in [2.24, 2.45) is 5.92 Å². The molecular formula is C11H16ClN3O. The van der Waals surface area contributed by atoms with Gasteiger partial charge in [-0.05, 0) is 20.3 Å². The normalized spacial score (nSPS) is 20.1. The molecule has 2 rings (SSSR count). The predicted molar refractivity (Wildman–Crippen MR) is 63.9 cm³/mol. The third-order valence-electron chi connectivity index (χ3n) is 2.85. The van der Waals surface area contributed by atoms with Gasteiger partial charge in [-0.2, -0.15) is 0 Å². The minimum Gasteiger partial charge on any atom is -0.381 e. The van der Waals surface area contributed by atoms with Crippen molar-refractivity contribution < 1.29 is 4.74 Å². The molecule has 5 heteroatoms. The van der Waals surface area contributed by atoms with Crippen LogP contribution in [0.2, 0.25) is 5.15 Å². The molecule has 1 aliphatic heterocycles. The van der Waals surface area contributed by atoms with E-state index in [1.807, 2.05) is 13.8 Å². The van der Waals surface area contributed by atoms with E-state index in [1.165, 1.54) is 0 Å². The Morgan fingerprint density at radius 2 is 2.12 bits per heavy atom. The molecule has 4 nitrogen and oxygen atoms in total. The smallest absolute Gasteiger partial charge is 0.171 e. The predicted octanol–water partition coefficient (Wildman–Crippen LogP) is 2.20. The summed E-state index contributed by atoms with van der Waals surface area (Å²) >= 11 is 6.02. The molecule has 0 aromatic carbocycles. The topological polar surface area (TPSA) is 47.0 Å². The second-order valence-corrected chi connectivity index (χ2v) is 4.50. The molecule has 1 fully saturated rings. The SMILES string of the molecule is Cc1nc(Cl)c(NCC2CCOC2)nc1C. The van der Waals surface area contributed by atoms with Crippen LogP contribution in [0, 0.1) is 19.8 Å². The minimum absolute atomic E-state index is 0.446. The number of nitrogens with one attached hydrogen (secondary N) is 1. The highest BCUT2D eigenvalue weighted by Crippen LogP contribution is 2.20. The van der Waals surface area contributed by atoms with Gasteiger partial charge in [-0.25, -0.2) is 9.97 Å². The van der Waals surface area contributed by atoms with Crippen molar-refractivity contribution in [1.29, 1.82) is 0 Å². The average molecular weight is 242 g/mol. The molecule has 88 valence electrons. The molecule has 0 aliphatic carbocycles. The molecule has 1 unspecified atom stereocenters. The van der Waals surface area contributed by atoms with Crippen molar-refractivity contribution in [3.05, 3.63) is 16.5 Å². The monoisotopic (exact) mass is 241 g/mol. The summed E-state index contributed by atoms with van der Waals surface area (Å²) in [5.74, 6) is 1.23. The van der Waals surface area contributed by atoms with Crippen molar-refractivity contribution in [3.8, 4) is 0 Å². The first kappa shape index (κ1) is 11.6. The lowest BCUT2D eigenvalue weighted by molar-refractivity contribution is 0.187. The lowest BCUT2D eigenvalue weighted by Gasteiger charge is -2.12. The maximum Gasteiger partial charge on any atom is 0.171 e. The van der Waals surface area contributed by atoms with Crippen molar-refractivity contribution in [3.63, 3.8) is 0 Å². The van der Waals surface area contributed by atoms with Gasteiger partial charge in [-0.15, -0.1) is 0 Å². The standard InChI is InChI=1S/C11H16ClN3O/c1-7-8(2)15-11(10(12)14-7)13-5-9-3-4-16-6-9/h9H,3-6H2,1-2H3,(H,13,15). The lowest BCUT2D eigenvalue weighted by Crippen LogP contribution is -2.15. The first-order chi connectivity index (χ1) is 7.66. The molecule has 0 bridgehead atoms. The van der Waals surface area contributed by atoms with Gasteiger partial charge in [0.2, 0.25) is 0 Å². The van der Waals surface area contributed by atoms with Crippen molar-refractivity contribution >= 4 is 17.4 Å². The second kappa shape index (κ2) is 4.97. The van der Waals surface area contributed by atoms with Gasteiger partial charge >= 0.3 is 0 Å². The van der Waals surface area contributed by atoms with Crippen LogP contribution in [0.3, 0.4) is 0 Å². The van der Waals surface area contributed by atoms with E-state index in [9.17, 15) is 0 Å². The van der Waals surface area contributed by atoms with E-state index in [2.05, 4.69) is 15.3 Å². The summed E-state index contributed by atoms with van der Waals surface area (Å²) in [4.78, 5) is 8.61. The van der Waals surface area contributed by atoms with Gasteiger partial charge in [0.25, 0.3) is 0 Å². The largest absolute Gasteiger partial charge is 0.381 e. The van der Waals surface area contributed by atoms with Crippen LogP contribution >= 0.6 is 11.6 Å². The molecule has 1 aliphatic rings. The molecule has 1 saturated heterocycles. The number of aromatic nitrogens is 2. The second-order valence-electron chi connectivity index (χ2n) is 4.14. The van der Waals surface area contributed by atoms with Gasteiger partial charge in [0, 0.05) is 19.1 Å². The van der Waals surface area contributed by atoms with Crippen LogP contribution in [-0.4, -0.2) is 29.7 Å². The van der Waals surface area contributed by atoms with Crippen LogP contribution in [0.5, 0.6) is 0 Å². The number of halogens is 1. The number of nitrogens with zero attached hydrogens (tertiary/aromatic N) is 2. The molecular weight excluding hydrogens is 226 g/mol. The molecule has 0 saturated carbocycles. The Kier molecular flexibility index (Phi) is 3.61. The van der Waals surface area contributed by atoms with E-state index in [-0.39, 0.29) is 0 Å². The van der Waals surface area contributed by atoms with Crippen molar-refractivity contribution in [1.82, 2.24) is 9.97 Å². The first-order valence-corrected chi connectivity index (χ1v) is 5.87. The van der Waals surface area contributed by atoms with Crippen LogP contribution in [0.1, 0.15) is 17.8 Å².